The molecular formula is C14H17NO3. The summed E-state index contributed by atoms with van der Waals surface area (Å²) in [4.78, 5) is 24.9. The van der Waals surface area contributed by atoms with Crippen molar-refractivity contribution in [2.24, 2.45) is 0 Å². The first-order valence-electron chi connectivity index (χ1n) is 5.99. The predicted molar refractivity (Wildman–Crippen MR) is 66.9 cm³/mol. The predicted octanol–water partition coefficient (Wildman–Crippen LogP) is 1.39. The third-order valence-corrected chi connectivity index (χ3v) is 3.14. The number of morpholine rings is 1. The van der Waals surface area contributed by atoms with Crippen molar-refractivity contribution in [3.05, 3.63) is 35.9 Å². The van der Waals surface area contributed by atoms with Crippen molar-refractivity contribution >= 4 is 12.2 Å². The molecule has 1 aliphatic heterocycles. The number of hydrogen-bond acceptors (Lipinski definition) is 3. The van der Waals surface area contributed by atoms with Gasteiger partial charge in [0.2, 0.25) is 0 Å². The molecule has 1 fully saturated rings. The first-order chi connectivity index (χ1) is 8.54. The minimum Gasteiger partial charge on any atom is -0.363 e. The van der Waals surface area contributed by atoms with Crippen molar-refractivity contribution in [2.45, 2.75) is 32.0 Å². The van der Waals surface area contributed by atoms with Gasteiger partial charge in [0.25, 0.3) is 5.91 Å². The normalized spacial score (nSPS) is 22.9. The number of rotatable bonds is 3. The van der Waals surface area contributed by atoms with Gasteiger partial charge in [0, 0.05) is 6.54 Å². The molecule has 1 saturated heterocycles. The molecule has 0 N–H and O–H groups in total. The second-order valence-electron chi connectivity index (χ2n) is 4.94. The van der Waals surface area contributed by atoms with E-state index < -0.39 is 11.6 Å². The number of amides is 1. The zero-order chi connectivity index (χ0) is 13.2. The number of hydrogen-bond donors (Lipinski definition) is 0. The molecule has 0 radical (unpaired) electrons. The molecular weight excluding hydrogens is 230 g/mol. The SMILES string of the molecule is CC1(C)OCC(C=O)N(Cc2ccccc2)C1=O. The van der Waals surface area contributed by atoms with Crippen LogP contribution in [-0.4, -0.2) is 35.3 Å². The number of ether oxygens (including phenoxy) is 1. The van der Waals surface area contributed by atoms with Gasteiger partial charge in [-0.1, -0.05) is 30.3 Å². The molecule has 1 amide bonds. The topological polar surface area (TPSA) is 46.6 Å². The van der Waals surface area contributed by atoms with E-state index in [0.29, 0.717) is 6.54 Å². The average Bonchev–Trinajstić information content (AvgIpc) is 2.37. The van der Waals surface area contributed by atoms with Crippen LogP contribution in [0.25, 0.3) is 0 Å². The molecule has 1 heterocycles. The van der Waals surface area contributed by atoms with Crippen LogP contribution >= 0.6 is 0 Å². The molecule has 96 valence electrons. The largest absolute Gasteiger partial charge is 0.363 e. The average molecular weight is 247 g/mol. The van der Waals surface area contributed by atoms with E-state index in [4.69, 9.17) is 4.74 Å². The third-order valence-electron chi connectivity index (χ3n) is 3.14. The number of nitrogens with zero attached hydrogens (tertiary/aromatic N) is 1. The minimum absolute atomic E-state index is 0.144. The van der Waals surface area contributed by atoms with E-state index in [1.165, 1.54) is 0 Å². The molecule has 1 aliphatic rings. The van der Waals surface area contributed by atoms with E-state index in [0.717, 1.165) is 11.8 Å². The summed E-state index contributed by atoms with van der Waals surface area (Å²) in [6.07, 6.45) is 0.774. The number of benzene rings is 1. The van der Waals surface area contributed by atoms with Gasteiger partial charge >= 0.3 is 0 Å². The fourth-order valence-corrected chi connectivity index (χ4v) is 2.02. The molecule has 1 atom stereocenters. The monoisotopic (exact) mass is 247 g/mol. The maximum atomic E-state index is 12.3. The number of aldehydes is 1. The molecule has 0 spiro atoms. The van der Waals surface area contributed by atoms with Gasteiger partial charge in [-0.05, 0) is 19.4 Å². The smallest absolute Gasteiger partial charge is 0.255 e. The summed E-state index contributed by atoms with van der Waals surface area (Å²) in [6.45, 7) is 4.16. The van der Waals surface area contributed by atoms with Crippen LogP contribution < -0.4 is 0 Å². The van der Waals surface area contributed by atoms with Crippen LogP contribution in [-0.2, 0) is 20.9 Å². The minimum atomic E-state index is -0.853. The van der Waals surface area contributed by atoms with E-state index in [9.17, 15) is 9.59 Å². The zero-order valence-corrected chi connectivity index (χ0v) is 10.6. The summed E-state index contributed by atoms with van der Waals surface area (Å²) >= 11 is 0. The highest BCUT2D eigenvalue weighted by Gasteiger charge is 2.41. The van der Waals surface area contributed by atoms with Crippen molar-refractivity contribution in [2.75, 3.05) is 6.61 Å². The molecule has 4 heteroatoms. The van der Waals surface area contributed by atoms with E-state index >= 15 is 0 Å². The van der Waals surface area contributed by atoms with Crippen LogP contribution in [0.1, 0.15) is 19.4 Å². The molecule has 1 aromatic carbocycles. The molecule has 2 rings (SSSR count). The van der Waals surface area contributed by atoms with Crippen LogP contribution in [0.15, 0.2) is 30.3 Å². The van der Waals surface area contributed by atoms with E-state index in [-0.39, 0.29) is 12.5 Å². The molecule has 0 aliphatic carbocycles. The lowest BCUT2D eigenvalue weighted by molar-refractivity contribution is -0.175. The van der Waals surface area contributed by atoms with E-state index in [1.807, 2.05) is 30.3 Å². The number of carbonyl (C=O) groups is 2. The Kier molecular flexibility index (Phi) is 3.48. The summed E-state index contributed by atoms with van der Waals surface area (Å²) in [5.41, 5.74) is 0.157. The highest BCUT2D eigenvalue weighted by atomic mass is 16.5. The maximum Gasteiger partial charge on any atom is 0.255 e. The van der Waals surface area contributed by atoms with Gasteiger partial charge in [-0.15, -0.1) is 0 Å². The molecule has 1 unspecified atom stereocenters. The molecule has 4 nitrogen and oxygen atoms in total. The fourth-order valence-electron chi connectivity index (χ4n) is 2.02. The quantitative estimate of drug-likeness (QED) is 0.758. The highest BCUT2D eigenvalue weighted by molar-refractivity contribution is 5.87. The zero-order valence-electron chi connectivity index (χ0n) is 10.6. The summed E-state index contributed by atoms with van der Waals surface area (Å²) < 4.78 is 5.43. The van der Waals surface area contributed by atoms with Crippen molar-refractivity contribution in [1.29, 1.82) is 0 Å². The van der Waals surface area contributed by atoms with Crippen LogP contribution in [0, 0.1) is 0 Å². The van der Waals surface area contributed by atoms with Crippen molar-refractivity contribution < 1.29 is 14.3 Å². The van der Waals surface area contributed by atoms with Crippen LogP contribution in [0.2, 0.25) is 0 Å². The summed E-state index contributed by atoms with van der Waals surface area (Å²) in [7, 11) is 0. The summed E-state index contributed by atoms with van der Waals surface area (Å²) in [5.74, 6) is -0.144. The Morgan fingerprint density at radius 2 is 2.06 bits per heavy atom. The Balaban J connectivity index is 2.21. The Labute approximate surface area is 107 Å². The standard InChI is InChI=1S/C14H17NO3/c1-14(2)13(17)15(12(9-16)10-18-14)8-11-6-4-3-5-7-11/h3-7,9,12H,8,10H2,1-2H3. The number of carbonyl (C=O) groups excluding carboxylic acids is 2. The van der Waals surface area contributed by atoms with Gasteiger partial charge < -0.3 is 14.4 Å². The van der Waals surface area contributed by atoms with Gasteiger partial charge in [-0.2, -0.15) is 0 Å². The lowest BCUT2D eigenvalue weighted by Crippen LogP contribution is -2.58. The summed E-state index contributed by atoms with van der Waals surface area (Å²) in [6, 6.07) is 9.15. The van der Waals surface area contributed by atoms with E-state index in [1.54, 1.807) is 18.7 Å². The fraction of sp³-hybridized carbons (Fsp3) is 0.429. The third kappa shape index (κ3) is 2.43. The van der Waals surface area contributed by atoms with Gasteiger partial charge in [0.05, 0.1) is 6.61 Å². The molecule has 18 heavy (non-hydrogen) atoms. The lowest BCUT2D eigenvalue weighted by Gasteiger charge is -2.40. The van der Waals surface area contributed by atoms with Crippen LogP contribution in [0.5, 0.6) is 0 Å². The van der Waals surface area contributed by atoms with E-state index in [2.05, 4.69) is 0 Å². The second-order valence-corrected chi connectivity index (χ2v) is 4.94. The Morgan fingerprint density at radius 1 is 1.39 bits per heavy atom. The molecule has 0 saturated carbocycles. The Morgan fingerprint density at radius 3 is 2.67 bits per heavy atom. The Bertz CT molecular complexity index is 442. The Hall–Kier alpha value is -1.68. The van der Waals surface area contributed by atoms with Gasteiger partial charge in [-0.3, -0.25) is 4.79 Å². The van der Waals surface area contributed by atoms with Crippen LogP contribution in [0.4, 0.5) is 0 Å². The first kappa shape index (κ1) is 12.8. The lowest BCUT2D eigenvalue weighted by atomic mass is 10.0. The molecule has 0 aromatic heterocycles. The molecule has 1 aromatic rings. The van der Waals surface area contributed by atoms with Crippen molar-refractivity contribution in [1.82, 2.24) is 4.90 Å². The van der Waals surface area contributed by atoms with Gasteiger partial charge in [0.1, 0.15) is 17.9 Å². The maximum absolute atomic E-state index is 12.3. The summed E-state index contributed by atoms with van der Waals surface area (Å²) in [5, 5.41) is 0. The van der Waals surface area contributed by atoms with Crippen molar-refractivity contribution in [3.8, 4) is 0 Å². The molecule has 0 bridgehead atoms. The first-order valence-corrected chi connectivity index (χ1v) is 5.99. The van der Waals surface area contributed by atoms with Gasteiger partial charge in [-0.25, -0.2) is 0 Å². The van der Waals surface area contributed by atoms with Crippen LogP contribution in [0.3, 0.4) is 0 Å². The highest BCUT2D eigenvalue weighted by Crippen LogP contribution is 2.23. The van der Waals surface area contributed by atoms with Crippen molar-refractivity contribution in [3.63, 3.8) is 0 Å². The van der Waals surface area contributed by atoms with Gasteiger partial charge in [0.15, 0.2) is 0 Å². The second kappa shape index (κ2) is 4.90.